The molecule has 0 bridgehead atoms. The van der Waals surface area contributed by atoms with Crippen LogP contribution in [-0.4, -0.2) is 4.57 Å². The quantitative estimate of drug-likeness (QED) is 0.197. The summed E-state index contributed by atoms with van der Waals surface area (Å²) in [6.45, 7) is 4.71. The molecule has 2 aromatic heterocycles. The van der Waals surface area contributed by atoms with Gasteiger partial charge in [-0.15, -0.1) is 0 Å². The van der Waals surface area contributed by atoms with E-state index in [0.29, 0.717) is 0 Å². The van der Waals surface area contributed by atoms with Crippen LogP contribution in [-0.2, 0) is 5.41 Å². The first-order valence-electron chi connectivity index (χ1n) is 16.4. The van der Waals surface area contributed by atoms with Crippen LogP contribution in [0.25, 0.3) is 82.8 Å². The minimum absolute atomic E-state index is 0.0563. The lowest BCUT2D eigenvalue weighted by atomic mass is 9.81. The van der Waals surface area contributed by atoms with Crippen molar-refractivity contribution in [2.75, 3.05) is 0 Å². The lowest BCUT2D eigenvalue weighted by Crippen LogP contribution is -2.14. The highest BCUT2D eigenvalue weighted by atomic mass is 16.3. The molecule has 0 aliphatic heterocycles. The van der Waals surface area contributed by atoms with E-state index in [1.54, 1.807) is 0 Å². The third kappa shape index (κ3) is 3.67. The number of hydrogen-bond donors (Lipinski definition) is 0. The van der Waals surface area contributed by atoms with Gasteiger partial charge in [0.05, 0.1) is 11.0 Å². The molecule has 0 N–H and O–H groups in total. The summed E-state index contributed by atoms with van der Waals surface area (Å²) in [5.74, 6) is 0. The second-order valence-electron chi connectivity index (χ2n) is 13.3. The molecule has 9 aromatic rings. The van der Waals surface area contributed by atoms with Gasteiger partial charge in [-0.3, -0.25) is 0 Å². The van der Waals surface area contributed by atoms with Gasteiger partial charge in [0.1, 0.15) is 11.2 Å². The molecular formula is C45H31NO. The predicted molar refractivity (Wildman–Crippen MR) is 196 cm³/mol. The van der Waals surface area contributed by atoms with Gasteiger partial charge in [0.25, 0.3) is 0 Å². The molecule has 0 fully saturated rings. The Morgan fingerprint density at radius 1 is 0.447 bits per heavy atom. The molecule has 0 radical (unpaired) electrons. The first kappa shape index (κ1) is 26.4. The molecule has 2 heterocycles. The first-order chi connectivity index (χ1) is 23.1. The molecule has 0 saturated carbocycles. The van der Waals surface area contributed by atoms with E-state index < -0.39 is 0 Å². The van der Waals surface area contributed by atoms with Crippen molar-refractivity contribution < 1.29 is 4.42 Å². The largest absolute Gasteiger partial charge is 0.456 e. The average Bonchev–Trinajstić information content (AvgIpc) is 3.74. The van der Waals surface area contributed by atoms with Crippen molar-refractivity contribution in [2.45, 2.75) is 19.3 Å². The highest BCUT2D eigenvalue weighted by Gasteiger charge is 2.35. The minimum atomic E-state index is -0.0563. The molecule has 222 valence electrons. The molecule has 0 saturated heterocycles. The van der Waals surface area contributed by atoms with E-state index in [-0.39, 0.29) is 5.41 Å². The molecule has 0 spiro atoms. The molecule has 10 rings (SSSR count). The van der Waals surface area contributed by atoms with Crippen LogP contribution < -0.4 is 0 Å². The van der Waals surface area contributed by atoms with Crippen molar-refractivity contribution in [3.63, 3.8) is 0 Å². The fraction of sp³-hybridized carbons (Fsp3) is 0.0667. The summed E-state index contributed by atoms with van der Waals surface area (Å²) in [5.41, 5.74) is 15.7. The van der Waals surface area contributed by atoms with Crippen LogP contribution in [0.1, 0.15) is 25.0 Å². The Bertz CT molecular complexity index is 2720. The summed E-state index contributed by atoms with van der Waals surface area (Å²) >= 11 is 0. The molecule has 1 aliphatic carbocycles. The van der Waals surface area contributed by atoms with Gasteiger partial charge in [0.15, 0.2) is 0 Å². The van der Waals surface area contributed by atoms with Gasteiger partial charge < -0.3 is 8.98 Å². The monoisotopic (exact) mass is 601 g/mol. The number of aromatic nitrogens is 1. The van der Waals surface area contributed by atoms with E-state index in [1.165, 1.54) is 66.3 Å². The van der Waals surface area contributed by atoms with Crippen molar-refractivity contribution in [3.8, 4) is 39.1 Å². The van der Waals surface area contributed by atoms with E-state index in [4.69, 9.17) is 4.42 Å². The lowest BCUT2D eigenvalue weighted by Gasteiger charge is -2.22. The van der Waals surface area contributed by atoms with Crippen LogP contribution in [0.15, 0.2) is 156 Å². The molecule has 2 heteroatoms. The first-order valence-corrected chi connectivity index (χ1v) is 16.4. The zero-order valence-corrected chi connectivity index (χ0v) is 26.3. The third-order valence-corrected chi connectivity index (χ3v) is 10.4. The van der Waals surface area contributed by atoms with Gasteiger partial charge in [-0.2, -0.15) is 0 Å². The van der Waals surface area contributed by atoms with Crippen molar-refractivity contribution in [2.24, 2.45) is 0 Å². The van der Waals surface area contributed by atoms with Crippen LogP contribution >= 0.6 is 0 Å². The number of fused-ring (bicyclic) bond motifs is 9. The normalized spacial score (nSPS) is 13.5. The lowest BCUT2D eigenvalue weighted by molar-refractivity contribution is 0.660. The molecule has 47 heavy (non-hydrogen) atoms. The van der Waals surface area contributed by atoms with Gasteiger partial charge in [-0.05, 0) is 75.3 Å². The Morgan fingerprint density at radius 2 is 1.11 bits per heavy atom. The van der Waals surface area contributed by atoms with Gasteiger partial charge in [0, 0.05) is 38.2 Å². The maximum Gasteiger partial charge on any atom is 0.135 e. The Morgan fingerprint density at radius 3 is 2.00 bits per heavy atom. The van der Waals surface area contributed by atoms with Gasteiger partial charge in [0.2, 0.25) is 0 Å². The smallest absolute Gasteiger partial charge is 0.135 e. The second kappa shape index (κ2) is 9.57. The van der Waals surface area contributed by atoms with E-state index in [2.05, 4.69) is 158 Å². The van der Waals surface area contributed by atoms with E-state index in [9.17, 15) is 0 Å². The van der Waals surface area contributed by atoms with Crippen molar-refractivity contribution in [1.29, 1.82) is 0 Å². The molecule has 0 unspecified atom stereocenters. The maximum absolute atomic E-state index is 6.22. The highest BCUT2D eigenvalue weighted by molar-refractivity contribution is 6.15. The SMILES string of the molecule is CC1(C)c2ccccc2-c2ccc(-c3ccccc3-c3cccc4c5ccccc5n(-c5ccc6oc7ccccc7c6c5)c34)cc21. The molecule has 7 aromatic carbocycles. The number of nitrogens with zero attached hydrogens (tertiary/aromatic N) is 1. The Kier molecular flexibility index (Phi) is 5.37. The van der Waals surface area contributed by atoms with Gasteiger partial charge >= 0.3 is 0 Å². The summed E-state index contributed by atoms with van der Waals surface area (Å²) in [5, 5.41) is 4.76. The van der Waals surface area contributed by atoms with Crippen molar-refractivity contribution in [1.82, 2.24) is 4.57 Å². The zero-order valence-electron chi connectivity index (χ0n) is 26.3. The number of furan rings is 1. The van der Waals surface area contributed by atoms with E-state index >= 15 is 0 Å². The fourth-order valence-corrected chi connectivity index (χ4v) is 8.20. The zero-order chi connectivity index (χ0) is 31.3. The molecule has 2 nitrogen and oxygen atoms in total. The van der Waals surface area contributed by atoms with Crippen molar-refractivity contribution >= 4 is 43.7 Å². The molecule has 1 aliphatic rings. The summed E-state index contributed by atoms with van der Waals surface area (Å²) in [6, 6.07) is 55.3. The Labute approximate surface area is 273 Å². The van der Waals surface area contributed by atoms with Gasteiger partial charge in [-0.25, -0.2) is 0 Å². The molecule has 0 atom stereocenters. The summed E-state index contributed by atoms with van der Waals surface area (Å²) in [4.78, 5) is 0. The number of benzene rings is 7. The molecular weight excluding hydrogens is 571 g/mol. The summed E-state index contributed by atoms with van der Waals surface area (Å²) < 4.78 is 8.66. The number of rotatable bonds is 3. The summed E-state index contributed by atoms with van der Waals surface area (Å²) in [7, 11) is 0. The van der Waals surface area contributed by atoms with Crippen LogP contribution in [0.2, 0.25) is 0 Å². The third-order valence-electron chi connectivity index (χ3n) is 10.4. The molecule has 0 amide bonds. The van der Waals surface area contributed by atoms with Crippen molar-refractivity contribution in [3.05, 3.63) is 163 Å². The number of hydrogen-bond acceptors (Lipinski definition) is 1. The van der Waals surface area contributed by atoms with E-state index in [1.807, 2.05) is 12.1 Å². The highest BCUT2D eigenvalue weighted by Crippen LogP contribution is 2.50. The fourth-order valence-electron chi connectivity index (χ4n) is 8.20. The topological polar surface area (TPSA) is 18.1 Å². The Hall–Kier alpha value is -5.86. The average molecular weight is 602 g/mol. The van der Waals surface area contributed by atoms with Gasteiger partial charge in [-0.1, -0.05) is 129 Å². The standard InChI is InChI=1S/C45H31NO/c1-45(2)39-19-8-5-14-32(39)33-24-22-28(26-40(33)45)30-12-3-4-13-31(30)36-17-11-18-37-34-15-6-9-20-41(34)46(44(36)37)29-23-25-43-38(27-29)35-16-7-10-21-42(35)47-43/h3-27H,1-2H3. The number of para-hydroxylation sites is 3. The van der Waals surface area contributed by atoms with Crippen LogP contribution in [0.3, 0.4) is 0 Å². The minimum Gasteiger partial charge on any atom is -0.456 e. The summed E-state index contributed by atoms with van der Waals surface area (Å²) in [6.07, 6.45) is 0. The Balaban J connectivity index is 1.23. The maximum atomic E-state index is 6.22. The van der Waals surface area contributed by atoms with E-state index in [0.717, 1.165) is 27.6 Å². The predicted octanol–water partition coefficient (Wildman–Crippen LogP) is 12.3. The second-order valence-corrected chi connectivity index (χ2v) is 13.3. The van der Waals surface area contributed by atoms with Crippen LogP contribution in [0.4, 0.5) is 0 Å². The van der Waals surface area contributed by atoms with Crippen LogP contribution in [0, 0.1) is 0 Å². The van der Waals surface area contributed by atoms with Crippen LogP contribution in [0.5, 0.6) is 0 Å².